The minimum Gasteiger partial charge on any atom is -0.347 e. The Morgan fingerprint density at radius 3 is 2.42 bits per heavy atom. The van der Waals surface area contributed by atoms with Crippen molar-refractivity contribution in [1.29, 1.82) is 0 Å². The van der Waals surface area contributed by atoms with Crippen molar-refractivity contribution in [3.63, 3.8) is 0 Å². The van der Waals surface area contributed by atoms with Crippen molar-refractivity contribution in [2.75, 3.05) is 0 Å². The van der Waals surface area contributed by atoms with E-state index in [4.69, 9.17) is 0 Å². The van der Waals surface area contributed by atoms with Crippen LogP contribution in [0.1, 0.15) is 51.0 Å². The summed E-state index contributed by atoms with van der Waals surface area (Å²) in [7, 11) is 0. The van der Waals surface area contributed by atoms with E-state index in [2.05, 4.69) is 43.3 Å². The zero-order valence-corrected chi connectivity index (χ0v) is 12.2. The number of nitrogens with two attached hydrogens (primary N) is 1. The van der Waals surface area contributed by atoms with E-state index in [1.54, 1.807) is 12.3 Å². The minimum absolute atomic E-state index is 0.0703. The summed E-state index contributed by atoms with van der Waals surface area (Å²) >= 11 is 0. The monoisotopic (exact) mass is 262 g/mol. The molecule has 2 heterocycles. The fourth-order valence-electron chi connectivity index (χ4n) is 3.38. The first-order valence-electron chi connectivity index (χ1n) is 6.86. The van der Waals surface area contributed by atoms with Crippen molar-refractivity contribution in [2.45, 2.75) is 57.7 Å². The van der Waals surface area contributed by atoms with Gasteiger partial charge in [0.1, 0.15) is 5.69 Å². The first-order chi connectivity index (χ1) is 8.77. The molecule has 0 radical (unpaired) electrons. The molecule has 0 saturated carbocycles. The molecule has 4 nitrogen and oxygen atoms in total. The van der Waals surface area contributed by atoms with Gasteiger partial charge in [0.05, 0.1) is 11.1 Å². The number of rotatable bonds is 2. The van der Waals surface area contributed by atoms with E-state index in [-0.39, 0.29) is 23.0 Å². The average molecular weight is 262 g/mol. The molecule has 1 aromatic heterocycles. The molecular weight excluding hydrogens is 238 g/mol. The summed E-state index contributed by atoms with van der Waals surface area (Å²) in [6.07, 6.45) is 3.61. The van der Waals surface area contributed by atoms with Crippen LogP contribution in [0.25, 0.3) is 0 Å². The fourth-order valence-corrected chi connectivity index (χ4v) is 3.38. The molecule has 0 aromatic carbocycles. The molecule has 0 spiro atoms. The Labute approximate surface area is 115 Å². The summed E-state index contributed by atoms with van der Waals surface area (Å²) in [5, 5.41) is 5.53. The van der Waals surface area contributed by atoms with Gasteiger partial charge in [-0.15, -0.1) is 0 Å². The van der Waals surface area contributed by atoms with Gasteiger partial charge in [-0.1, -0.05) is 6.07 Å². The van der Waals surface area contributed by atoms with Crippen LogP contribution in [0.4, 0.5) is 0 Å². The Morgan fingerprint density at radius 2 is 1.89 bits per heavy atom. The van der Waals surface area contributed by atoms with E-state index in [0.29, 0.717) is 5.69 Å². The first kappa shape index (κ1) is 14.0. The molecule has 1 aliphatic rings. The summed E-state index contributed by atoms with van der Waals surface area (Å²) in [5.74, 6) is -0.0703. The number of nitrogens with zero attached hydrogens (tertiary/aromatic N) is 1. The van der Waals surface area contributed by atoms with Gasteiger partial charge in [-0.05, 0) is 39.8 Å². The van der Waals surface area contributed by atoms with Crippen LogP contribution in [0.3, 0.4) is 0 Å². The van der Waals surface area contributed by atoms with Gasteiger partial charge in [0.15, 0.2) is 0 Å². The van der Waals surface area contributed by atoms with Crippen LogP contribution >= 0.6 is 0 Å². The molecule has 2 rings (SSSR count). The average Bonchev–Trinajstić information content (AvgIpc) is 2.25. The van der Waals surface area contributed by atoms with E-state index < -0.39 is 0 Å². The third kappa shape index (κ3) is 3.77. The van der Waals surface area contributed by atoms with Gasteiger partial charge >= 0.3 is 0 Å². The van der Waals surface area contributed by atoms with E-state index in [1.165, 1.54) is 0 Å². The van der Waals surface area contributed by atoms with Crippen molar-refractivity contribution in [3.8, 4) is 0 Å². The molecule has 19 heavy (non-hydrogen) atoms. The quantitative estimate of drug-likeness (QED) is 0.838. The highest BCUT2D eigenvalue weighted by molar-refractivity contribution is 5.92. The smallest absolute Gasteiger partial charge is 0.270 e. The highest BCUT2D eigenvalue weighted by atomic mass is 16.1. The van der Waals surface area contributed by atoms with Gasteiger partial charge in [-0.25, -0.2) is 0 Å². The standard InChI is InChI=1S/C15H23N3O/c1-14(2)9-11(10-15(3,4)18-14)17-13(19)12-7-5-6-8-16-12/h5-8,11,18H,9-10H2,1-4H3,(H,17,19)/p+1. The summed E-state index contributed by atoms with van der Waals surface area (Å²) in [6, 6.07) is 5.62. The van der Waals surface area contributed by atoms with Crippen molar-refractivity contribution in [1.82, 2.24) is 10.3 Å². The SMILES string of the molecule is CC1(C)CC(NC(=O)c2ccccn2)CC(C)(C)[NH2+]1. The Morgan fingerprint density at radius 1 is 1.26 bits per heavy atom. The molecule has 0 bridgehead atoms. The molecule has 1 aliphatic heterocycles. The Balaban J connectivity index is 2.05. The Bertz CT molecular complexity index is 438. The highest BCUT2D eigenvalue weighted by Gasteiger charge is 2.42. The molecule has 4 heteroatoms. The Hall–Kier alpha value is -1.42. The maximum absolute atomic E-state index is 12.2. The van der Waals surface area contributed by atoms with Crippen molar-refractivity contribution in [2.24, 2.45) is 0 Å². The van der Waals surface area contributed by atoms with Gasteiger partial charge in [0.2, 0.25) is 0 Å². The highest BCUT2D eigenvalue weighted by Crippen LogP contribution is 2.21. The summed E-state index contributed by atoms with van der Waals surface area (Å²) in [6.45, 7) is 8.92. The molecule has 1 saturated heterocycles. The lowest BCUT2D eigenvalue weighted by Crippen LogP contribution is -3.06. The van der Waals surface area contributed by atoms with Crippen molar-refractivity contribution in [3.05, 3.63) is 30.1 Å². The van der Waals surface area contributed by atoms with Crippen LogP contribution < -0.4 is 10.6 Å². The lowest BCUT2D eigenvalue weighted by molar-refractivity contribution is -0.787. The second kappa shape index (κ2) is 4.93. The first-order valence-corrected chi connectivity index (χ1v) is 6.86. The number of piperidine rings is 1. The number of amides is 1. The van der Waals surface area contributed by atoms with Gasteiger partial charge in [0, 0.05) is 25.1 Å². The van der Waals surface area contributed by atoms with Gasteiger partial charge < -0.3 is 10.6 Å². The number of quaternary nitrogens is 1. The summed E-state index contributed by atoms with van der Waals surface area (Å²) in [4.78, 5) is 16.2. The number of hydrogen-bond donors (Lipinski definition) is 2. The number of hydrogen-bond acceptors (Lipinski definition) is 2. The molecule has 3 N–H and O–H groups in total. The largest absolute Gasteiger partial charge is 0.347 e. The van der Waals surface area contributed by atoms with Gasteiger partial charge in [0.25, 0.3) is 5.91 Å². The van der Waals surface area contributed by atoms with Crippen LogP contribution in [-0.2, 0) is 0 Å². The summed E-state index contributed by atoms with van der Waals surface area (Å²) in [5.41, 5.74) is 0.806. The predicted molar refractivity (Wildman–Crippen MR) is 74.8 cm³/mol. The molecule has 104 valence electrons. The fraction of sp³-hybridized carbons (Fsp3) is 0.600. The van der Waals surface area contributed by atoms with Crippen molar-refractivity contribution >= 4 is 5.91 Å². The summed E-state index contributed by atoms with van der Waals surface area (Å²) < 4.78 is 0. The Kier molecular flexibility index (Phi) is 3.63. The van der Waals surface area contributed by atoms with Crippen LogP contribution in [-0.4, -0.2) is 28.0 Å². The third-order valence-corrected chi connectivity index (χ3v) is 3.56. The molecule has 0 atom stereocenters. The van der Waals surface area contributed by atoms with Crippen molar-refractivity contribution < 1.29 is 10.1 Å². The van der Waals surface area contributed by atoms with E-state index >= 15 is 0 Å². The predicted octanol–water partition coefficient (Wildman–Crippen LogP) is 1.09. The van der Waals surface area contributed by atoms with Crippen LogP contribution in [0.5, 0.6) is 0 Å². The molecule has 1 aromatic rings. The number of pyridine rings is 1. The minimum atomic E-state index is -0.0703. The number of carbonyl (C=O) groups excluding carboxylic acids is 1. The van der Waals surface area contributed by atoms with Crippen LogP contribution in [0.15, 0.2) is 24.4 Å². The second-order valence-electron chi connectivity index (χ2n) is 6.92. The van der Waals surface area contributed by atoms with Gasteiger partial charge in [-0.2, -0.15) is 0 Å². The topological polar surface area (TPSA) is 58.6 Å². The van der Waals surface area contributed by atoms with Gasteiger partial charge in [-0.3, -0.25) is 9.78 Å². The van der Waals surface area contributed by atoms with E-state index in [9.17, 15) is 4.79 Å². The molecule has 0 aliphatic carbocycles. The molecular formula is C15H24N3O+. The second-order valence-corrected chi connectivity index (χ2v) is 6.92. The number of carbonyl (C=O) groups is 1. The van der Waals surface area contributed by atoms with E-state index in [1.807, 2.05) is 12.1 Å². The lowest BCUT2D eigenvalue weighted by Gasteiger charge is -2.43. The third-order valence-electron chi connectivity index (χ3n) is 3.56. The molecule has 1 fully saturated rings. The zero-order chi connectivity index (χ0) is 14.1. The molecule has 1 amide bonds. The maximum Gasteiger partial charge on any atom is 0.270 e. The normalized spacial score (nSPS) is 21.9. The maximum atomic E-state index is 12.2. The lowest BCUT2D eigenvalue weighted by atomic mass is 9.79. The number of nitrogens with one attached hydrogen (secondary N) is 1. The van der Waals surface area contributed by atoms with Crippen LogP contribution in [0, 0.1) is 0 Å². The van der Waals surface area contributed by atoms with Crippen LogP contribution in [0.2, 0.25) is 0 Å². The number of aromatic nitrogens is 1. The zero-order valence-electron chi connectivity index (χ0n) is 12.2. The molecule has 0 unspecified atom stereocenters. The van der Waals surface area contributed by atoms with E-state index in [0.717, 1.165) is 12.8 Å².